The van der Waals surface area contributed by atoms with Crippen LogP contribution in [-0.4, -0.2) is 9.97 Å². The van der Waals surface area contributed by atoms with E-state index < -0.39 is 0 Å². The second kappa shape index (κ2) is 4.17. The Labute approximate surface area is 101 Å². The zero-order valence-electron chi connectivity index (χ0n) is 9.98. The molecule has 3 rings (SSSR count). The smallest absolute Gasteiger partial charge is 0.252 e. The van der Waals surface area contributed by atoms with Gasteiger partial charge in [-0.15, -0.1) is 0 Å². The standard InChI is InChI=1S/C13H19N3O/c14-10-7-11(17)16-13(15-10)12(8-3-1-4-8)9-5-2-6-9/h7-9,12H,1-6H2,(H3,14,15,16,17). The van der Waals surface area contributed by atoms with Crippen LogP contribution in [0.15, 0.2) is 10.9 Å². The topological polar surface area (TPSA) is 71.8 Å². The molecule has 4 heteroatoms. The molecule has 2 saturated carbocycles. The highest BCUT2D eigenvalue weighted by Gasteiger charge is 2.38. The van der Waals surface area contributed by atoms with Gasteiger partial charge in [-0.05, 0) is 37.5 Å². The van der Waals surface area contributed by atoms with Crippen LogP contribution in [0.2, 0.25) is 0 Å². The number of hydrogen-bond acceptors (Lipinski definition) is 3. The van der Waals surface area contributed by atoms with Crippen molar-refractivity contribution >= 4 is 5.82 Å². The maximum atomic E-state index is 11.5. The predicted octanol–water partition coefficient (Wildman–Crippen LogP) is 2.04. The summed E-state index contributed by atoms with van der Waals surface area (Å²) in [6.45, 7) is 0. The summed E-state index contributed by atoms with van der Waals surface area (Å²) in [5.74, 6) is 3.06. The van der Waals surface area contributed by atoms with Gasteiger partial charge in [0.25, 0.3) is 5.56 Å². The van der Waals surface area contributed by atoms with Crippen molar-refractivity contribution in [3.63, 3.8) is 0 Å². The van der Waals surface area contributed by atoms with E-state index in [0.717, 1.165) is 5.82 Å². The number of aromatic amines is 1. The van der Waals surface area contributed by atoms with E-state index in [1.807, 2.05) is 0 Å². The molecular weight excluding hydrogens is 214 g/mol. The van der Waals surface area contributed by atoms with Gasteiger partial charge in [0.05, 0.1) is 0 Å². The highest BCUT2D eigenvalue weighted by atomic mass is 16.1. The molecule has 1 heterocycles. The second-order valence-corrected chi connectivity index (χ2v) is 5.46. The van der Waals surface area contributed by atoms with Crippen LogP contribution in [0.25, 0.3) is 0 Å². The molecule has 0 bridgehead atoms. The predicted molar refractivity (Wildman–Crippen MR) is 66.7 cm³/mol. The lowest BCUT2D eigenvalue weighted by atomic mass is 9.64. The Morgan fingerprint density at radius 2 is 1.82 bits per heavy atom. The normalized spacial score (nSPS) is 21.2. The van der Waals surface area contributed by atoms with Gasteiger partial charge in [0.1, 0.15) is 11.6 Å². The quantitative estimate of drug-likeness (QED) is 0.839. The summed E-state index contributed by atoms with van der Waals surface area (Å²) in [6.07, 6.45) is 7.75. The van der Waals surface area contributed by atoms with E-state index >= 15 is 0 Å². The lowest BCUT2D eigenvalue weighted by Crippen LogP contribution is -2.33. The Kier molecular flexibility index (Phi) is 2.65. The summed E-state index contributed by atoms with van der Waals surface area (Å²) < 4.78 is 0. The molecule has 17 heavy (non-hydrogen) atoms. The van der Waals surface area contributed by atoms with Gasteiger partial charge in [-0.2, -0.15) is 0 Å². The molecule has 0 spiro atoms. The van der Waals surface area contributed by atoms with Crippen molar-refractivity contribution in [1.29, 1.82) is 0 Å². The second-order valence-electron chi connectivity index (χ2n) is 5.46. The molecule has 2 aliphatic carbocycles. The summed E-state index contributed by atoms with van der Waals surface area (Å²) in [4.78, 5) is 18.8. The number of nitrogens with two attached hydrogens (primary N) is 1. The zero-order chi connectivity index (χ0) is 11.8. The Morgan fingerprint density at radius 1 is 1.24 bits per heavy atom. The molecule has 92 valence electrons. The van der Waals surface area contributed by atoms with Gasteiger partial charge >= 0.3 is 0 Å². The Hall–Kier alpha value is -1.32. The SMILES string of the molecule is Nc1cc(=O)[nH]c(C(C2CCC2)C2CCC2)n1. The van der Waals surface area contributed by atoms with E-state index in [0.29, 0.717) is 23.6 Å². The number of nitrogens with zero attached hydrogens (tertiary/aromatic N) is 1. The molecule has 0 aliphatic heterocycles. The molecule has 1 aromatic rings. The molecule has 0 aromatic carbocycles. The van der Waals surface area contributed by atoms with Gasteiger partial charge in [-0.25, -0.2) is 4.98 Å². The molecule has 0 saturated heterocycles. The number of hydrogen-bond donors (Lipinski definition) is 2. The maximum Gasteiger partial charge on any atom is 0.252 e. The maximum absolute atomic E-state index is 11.5. The number of anilines is 1. The minimum atomic E-state index is -0.115. The molecule has 0 radical (unpaired) electrons. The van der Waals surface area contributed by atoms with Crippen molar-refractivity contribution in [3.8, 4) is 0 Å². The van der Waals surface area contributed by atoms with Crippen LogP contribution in [0, 0.1) is 11.8 Å². The molecule has 3 N–H and O–H groups in total. The molecule has 2 aliphatic rings. The van der Waals surface area contributed by atoms with E-state index in [1.165, 1.54) is 44.6 Å². The lowest BCUT2D eigenvalue weighted by molar-refractivity contribution is 0.143. The first-order valence-electron chi connectivity index (χ1n) is 6.61. The molecule has 0 unspecified atom stereocenters. The van der Waals surface area contributed by atoms with Crippen LogP contribution in [0.1, 0.15) is 50.3 Å². The van der Waals surface area contributed by atoms with E-state index in [1.54, 1.807) is 0 Å². The minimum absolute atomic E-state index is 0.115. The van der Waals surface area contributed by atoms with Crippen LogP contribution < -0.4 is 11.3 Å². The van der Waals surface area contributed by atoms with E-state index in [4.69, 9.17) is 5.73 Å². The lowest BCUT2D eigenvalue weighted by Gasteiger charge is -2.41. The fourth-order valence-electron chi connectivity index (χ4n) is 3.08. The van der Waals surface area contributed by atoms with Gasteiger partial charge in [0.15, 0.2) is 0 Å². The van der Waals surface area contributed by atoms with E-state index in [9.17, 15) is 4.79 Å². The Bertz CT molecular complexity index is 446. The number of nitrogen functional groups attached to an aromatic ring is 1. The van der Waals surface area contributed by atoms with Crippen molar-refractivity contribution in [2.24, 2.45) is 11.8 Å². The highest BCUT2D eigenvalue weighted by molar-refractivity contribution is 5.26. The summed E-state index contributed by atoms with van der Waals surface area (Å²) in [5.41, 5.74) is 5.57. The summed E-state index contributed by atoms with van der Waals surface area (Å²) in [7, 11) is 0. The minimum Gasteiger partial charge on any atom is -0.383 e. The molecule has 0 amide bonds. The van der Waals surface area contributed by atoms with Gasteiger partial charge in [0, 0.05) is 12.0 Å². The fraction of sp³-hybridized carbons (Fsp3) is 0.692. The van der Waals surface area contributed by atoms with Crippen LogP contribution in [0.4, 0.5) is 5.82 Å². The monoisotopic (exact) mass is 233 g/mol. The third-order valence-electron chi connectivity index (χ3n) is 4.41. The molecule has 2 fully saturated rings. The number of rotatable bonds is 3. The molecule has 4 nitrogen and oxygen atoms in total. The van der Waals surface area contributed by atoms with Crippen molar-refractivity contribution in [2.75, 3.05) is 5.73 Å². The van der Waals surface area contributed by atoms with Gasteiger partial charge < -0.3 is 10.7 Å². The average Bonchev–Trinajstić information content (AvgIpc) is 2.09. The average molecular weight is 233 g/mol. The van der Waals surface area contributed by atoms with Crippen molar-refractivity contribution in [2.45, 2.75) is 44.4 Å². The summed E-state index contributed by atoms with van der Waals surface area (Å²) in [5, 5.41) is 0. The Balaban J connectivity index is 1.92. The molecule has 1 aromatic heterocycles. The molecular formula is C13H19N3O. The Morgan fingerprint density at radius 3 is 2.24 bits per heavy atom. The number of aromatic nitrogens is 2. The highest BCUT2D eigenvalue weighted by Crippen LogP contribution is 2.48. The first-order chi connectivity index (χ1) is 8.24. The third-order valence-corrected chi connectivity index (χ3v) is 4.41. The van der Waals surface area contributed by atoms with Crippen molar-refractivity contribution in [3.05, 3.63) is 22.2 Å². The largest absolute Gasteiger partial charge is 0.383 e. The summed E-state index contributed by atoms with van der Waals surface area (Å²) >= 11 is 0. The van der Waals surface area contributed by atoms with Crippen LogP contribution in [0.3, 0.4) is 0 Å². The summed E-state index contributed by atoms with van der Waals surface area (Å²) in [6, 6.07) is 1.36. The first-order valence-corrected chi connectivity index (χ1v) is 6.61. The van der Waals surface area contributed by atoms with Crippen LogP contribution in [0.5, 0.6) is 0 Å². The van der Waals surface area contributed by atoms with E-state index in [2.05, 4.69) is 9.97 Å². The fourth-order valence-corrected chi connectivity index (χ4v) is 3.08. The van der Waals surface area contributed by atoms with Gasteiger partial charge in [0.2, 0.25) is 0 Å². The van der Waals surface area contributed by atoms with Crippen LogP contribution >= 0.6 is 0 Å². The van der Waals surface area contributed by atoms with E-state index in [-0.39, 0.29) is 5.56 Å². The number of H-pyrrole nitrogens is 1. The van der Waals surface area contributed by atoms with Crippen molar-refractivity contribution < 1.29 is 0 Å². The first kappa shape index (κ1) is 10.8. The van der Waals surface area contributed by atoms with Gasteiger partial charge in [-0.1, -0.05) is 12.8 Å². The zero-order valence-corrected chi connectivity index (χ0v) is 9.98. The molecule has 0 atom stereocenters. The van der Waals surface area contributed by atoms with Gasteiger partial charge in [-0.3, -0.25) is 4.79 Å². The van der Waals surface area contributed by atoms with Crippen LogP contribution in [-0.2, 0) is 0 Å². The number of nitrogens with one attached hydrogen (secondary N) is 1. The van der Waals surface area contributed by atoms with Crippen molar-refractivity contribution in [1.82, 2.24) is 9.97 Å². The third kappa shape index (κ3) is 1.96.